The van der Waals surface area contributed by atoms with Gasteiger partial charge in [0.1, 0.15) is 10.0 Å². The maximum atomic E-state index is 12.6. The summed E-state index contributed by atoms with van der Waals surface area (Å²) in [6.07, 6.45) is 0. The number of β-lactam (4-membered cyclic amide) rings is 1. The maximum Gasteiger partial charge on any atom is 0.330 e. The average molecular weight is 401 g/mol. The molecule has 1 saturated heterocycles. The Balaban J connectivity index is 2.36. The number of halogens is 1. The molecule has 0 spiro atoms. The molecule has 1 aliphatic heterocycles. The van der Waals surface area contributed by atoms with Crippen LogP contribution in [-0.2, 0) is 24.4 Å². The van der Waals surface area contributed by atoms with Crippen LogP contribution in [0.25, 0.3) is 0 Å². The van der Waals surface area contributed by atoms with Crippen LogP contribution >= 0.6 is 10.7 Å². The molecule has 10 heteroatoms. The number of carbonyl (C=O) groups excluding carboxylic acids is 2. The van der Waals surface area contributed by atoms with Crippen molar-refractivity contribution in [1.82, 2.24) is 9.96 Å². The van der Waals surface area contributed by atoms with E-state index in [2.05, 4.69) is 6.58 Å². The van der Waals surface area contributed by atoms with Crippen molar-refractivity contribution in [2.45, 2.75) is 31.3 Å². The number of likely N-dealkylation sites (tertiary alicyclic amines) is 1. The third kappa shape index (κ3) is 3.73. The molecule has 1 fully saturated rings. The molecule has 2 rings (SSSR count). The summed E-state index contributed by atoms with van der Waals surface area (Å²) < 4.78 is 12.0. The second kappa shape index (κ2) is 7.88. The van der Waals surface area contributed by atoms with Crippen molar-refractivity contribution in [2.75, 3.05) is 0 Å². The van der Waals surface area contributed by atoms with Crippen molar-refractivity contribution in [3.63, 3.8) is 0 Å². The van der Waals surface area contributed by atoms with Gasteiger partial charge in [-0.2, -0.15) is 5.06 Å². The molecule has 140 valence electrons. The number of amides is 2. The zero-order chi connectivity index (χ0) is 19.6. The molecule has 26 heavy (non-hydrogen) atoms. The van der Waals surface area contributed by atoms with Gasteiger partial charge in [-0.1, -0.05) is 24.8 Å². The predicted octanol–water partition coefficient (Wildman–Crippen LogP) is 1.30. The van der Waals surface area contributed by atoms with Crippen LogP contribution in [0.5, 0.6) is 5.75 Å². The standard InChI is InChI=1S/C16H17ClN2O6S/c1-9(2)12(16(22)23)18-14(21)13(15(18)26(17)24)19(10(3)20)25-11-7-5-4-6-8-11/h4-8,12-13,15H,1H2,2-3H3,(H,22,23). The number of hydroxylamine groups is 2. The summed E-state index contributed by atoms with van der Waals surface area (Å²) in [5, 5.41) is 8.86. The molecule has 0 saturated carbocycles. The van der Waals surface area contributed by atoms with Gasteiger partial charge in [0.05, 0.1) is 0 Å². The van der Waals surface area contributed by atoms with Crippen molar-refractivity contribution in [3.05, 3.63) is 42.5 Å². The lowest BCUT2D eigenvalue weighted by molar-refractivity contribution is -0.193. The molecule has 4 atom stereocenters. The van der Waals surface area contributed by atoms with E-state index < -0.39 is 45.3 Å². The molecule has 2 amide bonds. The van der Waals surface area contributed by atoms with Crippen molar-refractivity contribution >= 4 is 38.5 Å². The number of hydrogen-bond acceptors (Lipinski definition) is 5. The fourth-order valence-corrected chi connectivity index (χ4v) is 4.01. The first-order valence-electron chi connectivity index (χ1n) is 7.46. The van der Waals surface area contributed by atoms with Crippen LogP contribution in [0.4, 0.5) is 0 Å². The SMILES string of the molecule is C=C(C)C(C(=O)O)N1C(=O)C(N(Oc2ccccc2)C(C)=O)C1S(=O)Cl. The van der Waals surface area contributed by atoms with Crippen molar-refractivity contribution in [3.8, 4) is 5.75 Å². The van der Waals surface area contributed by atoms with Gasteiger partial charge in [0, 0.05) is 6.92 Å². The summed E-state index contributed by atoms with van der Waals surface area (Å²) in [5.41, 5.74) is 0.162. The molecule has 8 nitrogen and oxygen atoms in total. The van der Waals surface area contributed by atoms with E-state index >= 15 is 0 Å². The van der Waals surface area contributed by atoms with Gasteiger partial charge >= 0.3 is 5.97 Å². The van der Waals surface area contributed by atoms with Gasteiger partial charge in [-0.3, -0.25) is 9.59 Å². The molecule has 4 unspecified atom stereocenters. The molecule has 0 bridgehead atoms. The van der Waals surface area contributed by atoms with Crippen LogP contribution in [-0.4, -0.2) is 54.5 Å². The Morgan fingerprint density at radius 3 is 2.35 bits per heavy atom. The Bertz CT molecular complexity index is 757. The number of carboxylic acid groups (broad SMARTS) is 1. The van der Waals surface area contributed by atoms with Crippen LogP contribution in [0, 0.1) is 0 Å². The van der Waals surface area contributed by atoms with E-state index in [4.69, 9.17) is 15.5 Å². The number of hydrogen-bond donors (Lipinski definition) is 1. The third-order valence-electron chi connectivity index (χ3n) is 3.73. The summed E-state index contributed by atoms with van der Waals surface area (Å²) in [4.78, 5) is 42.4. The van der Waals surface area contributed by atoms with E-state index in [0.717, 1.165) is 9.96 Å². The number of carbonyl (C=O) groups is 3. The zero-order valence-electron chi connectivity index (χ0n) is 14.0. The molecule has 1 heterocycles. The van der Waals surface area contributed by atoms with Crippen LogP contribution < -0.4 is 4.84 Å². The Labute approximate surface area is 156 Å². The monoisotopic (exact) mass is 400 g/mol. The van der Waals surface area contributed by atoms with Crippen molar-refractivity contribution in [2.24, 2.45) is 0 Å². The van der Waals surface area contributed by atoms with E-state index in [1.54, 1.807) is 30.3 Å². The van der Waals surface area contributed by atoms with E-state index in [0.29, 0.717) is 0 Å². The zero-order valence-corrected chi connectivity index (χ0v) is 15.6. The van der Waals surface area contributed by atoms with Crippen LogP contribution in [0.2, 0.25) is 0 Å². The fourth-order valence-electron chi connectivity index (χ4n) is 2.63. The highest BCUT2D eigenvalue weighted by atomic mass is 35.7. The molecule has 0 aliphatic carbocycles. The minimum Gasteiger partial charge on any atom is -0.479 e. The number of benzene rings is 1. The normalized spacial score (nSPS) is 21.3. The smallest absolute Gasteiger partial charge is 0.330 e. The molecule has 1 aliphatic rings. The Kier molecular flexibility index (Phi) is 6.04. The number of aliphatic carboxylic acids is 1. The summed E-state index contributed by atoms with van der Waals surface area (Å²) in [6.45, 7) is 6.15. The number of nitrogens with zero attached hydrogens (tertiary/aromatic N) is 2. The molecule has 1 aromatic carbocycles. The largest absolute Gasteiger partial charge is 0.479 e. The molecular weight excluding hydrogens is 384 g/mol. The lowest BCUT2D eigenvalue weighted by Crippen LogP contribution is -2.75. The number of para-hydroxylation sites is 1. The minimum absolute atomic E-state index is 0.162. The van der Waals surface area contributed by atoms with Gasteiger partial charge in [0.15, 0.2) is 23.2 Å². The maximum absolute atomic E-state index is 12.6. The summed E-state index contributed by atoms with van der Waals surface area (Å²) in [6, 6.07) is 5.49. The molecular formula is C16H17ClN2O6S. The lowest BCUT2D eigenvalue weighted by atomic mass is 9.99. The second-order valence-electron chi connectivity index (χ2n) is 5.67. The number of carboxylic acids is 1. The Morgan fingerprint density at radius 2 is 1.92 bits per heavy atom. The van der Waals surface area contributed by atoms with E-state index in [1.807, 2.05) is 0 Å². The van der Waals surface area contributed by atoms with Crippen LogP contribution in [0.1, 0.15) is 13.8 Å². The second-order valence-corrected chi connectivity index (χ2v) is 7.56. The average Bonchev–Trinajstić information content (AvgIpc) is 2.55. The first-order valence-corrected chi connectivity index (χ1v) is 9.50. The third-order valence-corrected chi connectivity index (χ3v) is 5.14. The van der Waals surface area contributed by atoms with Gasteiger partial charge in [-0.15, -0.1) is 0 Å². The van der Waals surface area contributed by atoms with Gasteiger partial charge in [0.25, 0.3) is 11.8 Å². The van der Waals surface area contributed by atoms with Gasteiger partial charge in [-0.05, 0) is 35.3 Å². The topological polar surface area (TPSA) is 104 Å². The summed E-state index contributed by atoms with van der Waals surface area (Å²) >= 11 is 0. The van der Waals surface area contributed by atoms with E-state index in [1.165, 1.54) is 13.8 Å². The predicted molar refractivity (Wildman–Crippen MR) is 94.2 cm³/mol. The summed E-state index contributed by atoms with van der Waals surface area (Å²) in [7, 11) is 3.55. The minimum atomic E-state index is -2.15. The highest BCUT2D eigenvalue weighted by Crippen LogP contribution is 2.34. The molecule has 0 radical (unpaired) electrons. The fraction of sp³-hybridized carbons (Fsp3) is 0.312. The highest BCUT2D eigenvalue weighted by molar-refractivity contribution is 8.08. The highest BCUT2D eigenvalue weighted by Gasteiger charge is 2.59. The van der Waals surface area contributed by atoms with E-state index in [-0.39, 0.29) is 11.3 Å². The molecule has 1 N–H and O–H groups in total. The Morgan fingerprint density at radius 1 is 1.35 bits per heavy atom. The summed E-state index contributed by atoms with van der Waals surface area (Å²) in [5.74, 6) is -2.43. The van der Waals surface area contributed by atoms with Crippen LogP contribution in [0.15, 0.2) is 42.5 Å². The molecule has 0 aromatic heterocycles. The first-order chi connectivity index (χ1) is 12.2. The van der Waals surface area contributed by atoms with Gasteiger partial charge in [-0.25, -0.2) is 9.00 Å². The Hall–Kier alpha value is -2.39. The van der Waals surface area contributed by atoms with Crippen LogP contribution in [0.3, 0.4) is 0 Å². The van der Waals surface area contributed by atoms with Crippen molar-refractivity contribution in [1.29, 1.82) is 0 Å². The number of rotatable bonds is 7. The molecule has 1 aromatic rings. The van der Waals surface area contributed by atoms with Gasteiger partial charge in [0.2, 0.25) is 0 Å². The van der Waals surface area contributed by atoms with Crippen molar-refractivity contribution < 1.29 is 28.5 Å². The first kappa shape index (κ1) is 19.9. The quantitative estimate of drug-likeness (QED) is 0.320. The van der Waals surface area contributed by atoms with Gasteiger partial charge < -0.3 is 14.8 Å². The lowest BCUT2D eigenvalue weighted by Gasteiger charge is -2.50. The van der Waals surface area contributed by atoms with E-state index in [9.17, 15) is 23.7 Å².